The molecule has 1 fully saturated rings. The van der Waals surface area contributed by atoms with E-state index < -0.39 is 0 Å². The molecule has 0 heterocycles. The minimum atomic E-state index is 0.804. The van der Waals surface area contributed by atoms with Gasteiger partial charge >= 0.3 is 0 Å². The Morgan fingerprint density at radius 1 is 1.16 bits per heavy atom. The zero-order chi connectivity index (χ0) is 13.3. The summed E-state index contributed by atoms with van der Waals surface area (Å²) in [5, 5.41) is 3.58. The molecule has 0 amide bonds. The molecule has 0 aliphatic heterocycles. The highest BCUT2D eigenvalue weighted by Crippen LogP contribution is 2.30. The van der Waals surface area contributed by atoms with Gasteiger partial charge in [0.25, 0.3) is 0 Å². The van der Waals surface area contributed by atoms with Crippen molar-refractivity contribution in [2.75, 3.05) is 13.1 Å². The van der Waals surface area contributed by atoms with Gasteiger partial charge in [0.1, 0.15) is 0 Å². The molecule has 0 bridgehead atoms. The van der Waals surface area contributed by atoms with E-state index in [1.54, 1.807) is 5.57 Å². The Morgan fingerprint density at radius 3 is 2.58 bits per heavy atom. The molecule has 0 unspecified atom stereocenters. The van der Waals surface area contributed by atoms with Crippen molar-refractivity contribution >= 4 is 6.08 Å². The lowest BCUT2D eigenvalue weighted by atomic mass is 9.83. The van der Waals surface area contributed by atoms with Gasteiger partial charge in [-0.3, -0.25) is 0 Å². The molecule has 0 radical (unpaired) electrons. The lowest BCUT2D eigenvalue weighted by Gasteiger charge is -2.25. The van der Waals surface area contributed by atoms with Crippen LogP contribution in [0.1, 0.15) is 51.0 Å². The minimum absolute atomic E-state index is 0.804. The fourth-order valence-corrected chi connectivity index (χ4v) is 2.96. The summed E-state index contributed by atoms with van der Waals surface area (Å²) >= 11 is 0. The summed E-state index contributed by atoms with van der Waals surface area (Å²) in [5.41, 5.74) is 2.96. The number of hydrogen-bond donors (Lipinski definition) is 1. The van der Waals surface area contributed by atoms with Gasteiger partial charge in [-0.1, -0.05) is 68.2 Å². The maximum absolute atomic E-state index is 3.58. The monoisotopic (exact) mass is 257 g/mol. The molecule has 1 heteroatoms. The topological polar surface area (TPSA) is 12.0 Å². The fourth-order valence-electron chi connectivity index (χ4n) is 2.96. The zero-order valence-corrected chi connectivity index (χ0v) is 12.2. The summed E-state index contributed by atoms with van der Waals surface area (Å²) < 4.78 is 0. The van der Waals surface area contributed by atoms with Crippen LogP contribution in [-0.4, -0.2) is 13.1 Å². The van der Waals surface area contributed by atoms with Crippen molar-refractivity contribution in [1.82, 2.24) is 5.32 Å². The van der Waals surface area contributed by atoms with Gasteiger partial charge in [0.2, 0.25) is 0 Å². The lowest BCUT2D eigenvalue weighted by Crippen LogP contribution is -2.22. The molecule has 2 rings (SSSR count). The number of rotatable bonds is 6. The summed E-state index contributed by atoms with van der Waals surface area (Å²) in [5.74, 6) is 0.804. The van der Waals surface area contributed by atoms with E-state index in [1.165, 1.54) is 44.1 Å². The van der Waals surface area contributed by atoms with Gasteiger partial charge < -0.3 is 5.32 Å². The van der Waals surface area contributed by atoms with Crippen LogP contribution in [0.5, 0.6) is 0 Å². The Morgan fingerprint density at radius 2 is 1.89 bits per heavy atom. The van der Waals surface area contributed by atoms with E-state index in [0.29, 0.717) is 0 Å². The largest absolute Gasteiger partial charge is 0.313 e. The second kappa shape index (κ2) is 8.16. The van der Waals surface area contributed by atoms with E-state index in [-0.39, 0.29) is 0 Å². The molecule has 19 heavy (non-hydrogen) atoms. The zero-order valence-electron chi connectivity index (χ0n) is 12.2. The van der Waals surface area contributed by atoms with Gasteiger partial charge in [0.05, 0.1) is 0 Å². The molecule has 1 saturated carbocycles. The van der Waals surface area contributed by atoms with E-state index in [1.807, 2.05) is 0 Å². The highest BCUT2D eigenvalue weighted by atomic mass is 14.8. The molecular weight excluding hydrogens is 230 g/mol. The number of benzene rings is 1. The van der Waals surface area contributed by atoms with Crippen LogP contribution in [0.2, 0.25) is 0 Å². The lowest BCUT2D eigenvalue weighted by molar-refractivity contribution is 0.396. The van der Waals surface area contributed by atoms with Crippen LogP contribution in [0.3, 0.4) is 0 Å². The first-order chi connectivity index (χ1) is 9.40. The van der Waals surface area contributed by atoms with Crippen LogP contribution in [0, 0.1) is 5.92 Å². The van der Waals surface area contributed by atoms with Gasteiger partial charge in [0, 0.05) is 6.54 Å². The van der Waals surface area contributed by atoms with Crippen molar-refractivity contribution in [3.05, 3.63) is 41.5 Å². The van der Waals surface area contributed by atoms with Crippen LogP contribution >= 0.6 is 0 Å². The predicted molar refractivity (Wildman–Crippen MR) is 84.2 cm³/mol. The highest BCUT2D eigenvalue weighted by Gasteiger charge is 2.17. The van der Waals surface area contributed by atoms with Crippen LogP contribution in [0.25, 0.3) is 6.08 Å². The molecule has 1 aromatic carbocycles. The highest BCUT2D eigenvalue weighted by molar-refractivity contribution is 5.53. The smallest absolute Gasteiger partial charge is 0.0170 e. The summed E-state index contributed by atoms with van der Waals surface area (Å²) in [6.45, 7) is 4.42. The summed E-state index contributed by atoms with van der Waals surface area (Å²) in [6, 6.07) is 10.8. The average Bonchev–Trinajstić information content (AvgIpc) is 2.48. The number of hydrogen-bond acceptors (Lipinski definition) is 1. The van der Waals surface area contributed by atoms with E-state index in [2.05, 4.69) is 48.6 Å². The second-order valence-electron chi connectivity index (χ2n) is 5.64. The SMILES string of the molecule is CCCNCC(=Cc1ccccc1)C1CCCCC1. The molecule has 1 aliphatic carbocycles. The Labute approximate surface area is 118 Å². The molecule has 0 aromatic heterocycles. The van der Waals surface area contributed by atoms with Gasteiger partial charge in [0.15, 0.2) is 0 Å². The van der Waals surface area contributed by atoms with Crippen molar-refractivity contribution in [3.63, 3.8) is 0 Å². The van der Waals surface area contributed by atoms with Gasteiger partial charge in [-0.05, 0) is 37.3 Å². The maximum atomic E-state index is 3.58. The first-order valence-corrected chi connectivity index (χ1v) is 7.86. The van der Waals surface area contributed by atoms with E-state index in [9.17, 15) is 0 Å². The minimum Gasteiger partial charge on any atom is -0.313 e. The number of nitrogens with one attached hydrogen (secondary N) is 1. The molecular formula is C18H27N. The summed E-state index contributed by atoms with van der Waals surface area (Å²) in [6.07, 6.45) is 10.6. The first-order valence-electron chi connectivity index (χ1n) is 7.86. The van der Waals surface area contributed by atoms with E-state index >= 15 is 0 Å². The average molecular weight is 257 g/mol. The Hall–Kier alpha value is -1.08. The van der Waals surface area contributed by atoms with Crippen LogP contribution < -0.4 is 5.32 Å². The summed E-state index contributed by atoms with van der Waals surface area (Å²) in [7, 11) is 0. The molecule has 0 saturated heterocycles. The maximum Gasteiger partial charge on any atom is 0.0170 e. The molecule has 1 aliphatic rings. The van der Waals surface area contributed by atoms with Crippen LogP contribution in [-0.2, 0) is 0 Å². The van der Waals surface area contributed by atoms with Crippen molar-refractivity contribution in [3.8, 4) is 0 Å². The quantitative estimate of drug-likeness (QED) is 0.731. The Balaban J connectivity index is 2.06. The van der Waals surface area contributed by atoms with Gasteiger partial charge in [-0.2, -0.15) is 0 Å². The second-order valence-corrected chi connectivity index (χ2v) is 5.64. The van der Waals surface area contributed by atoms with Gasteiger partial charge in [-0.25, -0.2) is 0 Å². The third-order valence-corrected chi connectivity index (χ3v) is 4.04. The third-order valence-electron chi connectivity index (χ3n) is 4.04. The van der Waals surface area contributed by atoms with E-state index in [4.69, 9.17) is 0 Å². The molecule has 104 valence electrons. The Bertz CT molecular complexity index is 374. The fraction of sp³-hybridized carbons (Fsp3) is 0.556. The Kier molecular flexibility index (Phi) is 6.16. The standard InChI is InChI=1S/C18H27N/c1-2-13-19-15-18(17-11-7-4-8-12-17)14-16-9-5-3-6-10-16/h3,5-6,9-10,14,17,19H,2,4,7-8,11-13,15H2,1H3. The van der Waals surface area contributed by atoms with Crippen LogP contribution in [0.4, 0.5) is 0 Å². The summed E-state index contributed by atoms with van der Waals surface area (Å²) in [4.78, 5) is 0. The van der Waals surface area contributed by atoms with Crippen LogP contribution in [0.15, 0.2) is 35.9 Å². The third kappa shape index (κ3) is 4.83. The molecule has 1 aromatic rings. The van der Waals surface area contributed by atoms with Crippen molar-refractivity contribution < 1.29 is 0 Å². The molecule has 1 N–H and O–H groups in total. The predicted octanol–water partition coefficient (Wildman–Crippen LogP) is 4.65. The normalized spacial score (nSPS) is 17.6. The van der Waals surface area contributed by atoms with Crippen molar-refractivity contribution in [2.45, 2.75) is 45.4 Å². The molecule has 0 spiro atoms. The molecule has 1 nitrogen and oxygen atoms in total. The molecule has 0 atom stereocenters. The first kappa shape index (κ1) is 14.3. The van der Waals surface area contributed by atoms with Crippen molar-refractivity contribution in [2.24, 2.45) is 5.92 Å². The van der Waals surface area contributed by atoms with Gasteiger partial charge in [-0.15, -0.1) is 0 Å². The van der Waals surface area contributed by atoms with E-state index in [0.717, 1.165) is 19.0 Å². The van der Waals surface area contributed by atoms with Crippen molar-refractivity contribution in [1.29, 1.82) is 0 Å².